The van der Waals surface area contributed by atoms with E-state index in [4.69, 9.17) is 6.58 Å². The Hall–Kier alpha value is -3.69. The van der Waals surface area contributed by atoms with Crippen LogP contribution in [-0.2, 0) is 17.6 Å². The molecule has 2 fully saturated rings. The lowest BCUT2D eigenvalue weighted by Crippen LogP contribution is -2.65. The molecule has 1 heterocycles. The van der Waals surface area contributed by atoms with Crippen LogP contribution >= 0.6 is 0 Å². The van der Waals surface area contributed by atoms with Gasteiger partial charge in [0.2, 0.25) is 0 Å². The van der Waals surface area contributed by atoms with E-state index in [0.29, 0.717) is 50.3 Å². The van der Waals surface area contributed by atoms with Gasteiger partial charge in [-0.3, -0.25) is 4.79 Å². The Balaban J connectivity index is 1.34. The molecular weight excluding hydrogens is 733 g/mol. The fraction of sp³-hybridized carbons (Fsp3) is 0.519. The molecule has 6 N–H and O–H groups in total. The van der Waals surface area contributed by atoms with E-state index in [0.717, 1.165) is 55.2 Å². The number of carbonyl (C=O) groups excluding carboxylic acids is 1. The highest BCUT2D eigenvalue weighted by molar-refractivity contribution is 5.74. The first kappa shape index (κ1) is 44.9. The van der Waals surface area contributed by atoms with Crippen LogP contribution in [0.15, 0.2) is 125 Å². The normalized spacial score (nSPS) is 34.2. The molecule has 7 heteroatoms. The van der Waals surface area contributed by atoms with Gasteiger partial charge in [-0.05, 0) is 144 Å². The molecule has 59 heavy (non-hydrogen) atoms. The zero-order valence-electron chi connectivity index (χ0n) is 36.0. The van der Waals surface area contributed by atoms with Crippen molar-refractivity contribution in [3.05, 3.63) is 142 Å². The molecule has 0 amide bonds. The lowest BCUT2D eigenvalue weighted by atomic mass is 9.45. The molecule has 2 aromatic carbocycles. The van der Waals surface area contributed by atoms with Crippen molar-refractivity contribution in [2.24, 2.45) is 35.0 Å². The van der Waals surface area contributed by atoms with E-state index in [2.05, 4.69) is 103 Å². The zero-order valence-corrected chi connectivity index (χ0v) is 36.0. The fourth-order valence-corrected chi connectivity index (χ4v) is 11.6. The number of hydrogen-bond donors (Lipinski definition) is 6. The molecular formula is C52H70N2O5. The van der Waals surface area contributed by atoms with Gasteiger partial charge in [0, 0.05) is 36.4 Å². The Kier molecular flexibility index (Phi) is 15.4. The summed E-state index contributed by atoms with van der Waals surface area (Å²) in [7, 11) is 1.87. The Morgan fingerprint density at radius 3 is 2.59 bits per heavy atom. The van der Waals surface area contributed by atoms with E-state index in [1.807, 2.05) is 26.1 Å². The van der Waals surface area contributed by atoms with Crippen molar-refractivity contribution in [2.75, 3.05) is 33.4 Å². The standard InChI is InChI=1S/C52H70N2O5/c1-35-17-21-45(46(22-18-39-12-7-6-8-13-39)42-15-10-14-40(30-42)29-38(4)54-32-35)36(2)11-9-16-44(34-57)47-23-25-52(50(47)58)49-41(24-28-55)19-20-43(48(49)37(3)33-56)31-51(52,59)26-27-53-5/h6-17,19-20,30,33,38,41,43,45-47,49-50,53-55,57-59H,2,18,21-29,31-32,34H2,1,3-5H3/b11-9+,35-17+,44-16-,48-37?/t38-,41+,43+,45+,46-,47+,49+,50-,51-,52-/m1/s1. The van der Waals surface area contributed by atoms with Crippen molar-refractivity contribution in [1.82, 2.24) is 10.6 Å². The molecule has 318 valence electrons. The van der Waals surface area contributed by atoms with Crippen LogP contribution in [0.1, 0.15) is 88.3 Å². The number of benzene rings is 2. The molecule has 1 aliphatic heterocycles. The number of aliphatic hydroxyl groups is 4. The number of carbonyl (C=O) groups is 1. The van der Waals surface area contributed by atoms with E-state index >= 15 is 0 Å². The number of rotatable bonds is 14. The minimum absolute atomic E-state index is 0.0321. The lowest BCUT2D eigenvalue weighted by Gasteiger charge is -2.61. The lowest BCUT2D eigenvalue weighted by molar-refractivity contribution is -0.194. The molecule has 4 bridgehead atoms. The third kappa shape index (κ3) is 9.62. The average Bonchev–Trinajstić information content (AvgIpc) is 3.58. The maximum Gasteiger partial charge on any atom is 0.145 e. The zero-order chi connectivity index (χ0) is 42.2. The van der Waals surface area contributed by atoms with Crippen LogP contribution in [0.25, 0.3) is 0 Å². The third-order valence-corrected chi connectivity index (χ3v) is 14.6. The maximum absolute atomic E-state index is 12.9. The first-order valence-electron chi connectivity index (χ1n) is 22.2. The van der Waals surface area contributed by atoms with Crippen LogP contribution in [-0.4, -0.2) is 77.8 Å². The van der Waals surface area contributed by atoms with Crippen LogP contribution in [0.5, 0.6) is 0 Å². The van der Waals surface area contributed by atoms with Crippen LogP contribution < -0.4 is 10.6 Å². The Morgan fingerprint density at radius 2 is 1.86 bits per heavy atom. The van der Waals surface area contributed by atoms with Gasteiger partial charge in [0.25, 0.3) is 0 Å². The van der Waals surface area contributed by atoms with Crippen molar-refractivity contribution in [3.63, 3.8) is 0 Å². The molecule has 2 saturated carbocycles. The van der Waals surface area contributed by atoms with Gasteiger partial charge in [-0.25, -0.2) is 0 Å². The summed E-state index contributed by atoms with van der Waals surface area (Å²) in [6, 6.07) is 20.2. The second kappa shape index (κ2) is 20.2. The quantitative estimate of drug-likeness (QED) is 0.0501. The summed E-state index contributed by atoms with van der Waals surface area (Å²) >= 11 is 0. The van der Waals surface area contributed by atoms with Crippen LogP contribution in [0.4, 0.5) is 0 Å². The smallest absolute Gasteiger partial charge is 0.145 e. The van der Waals surface area contributed by atoms with Crippen molar-refractivity contribution in [3.8, 4) is 0 Å². The summed E-state index contributed by atoms with van der Waals surface area (Å²) in [5, 5.41) is 53.7. The molecule has 7 nitrogen and oxygen atoms in total. The fourth-order valence-electron chi connectivity index (χ4n) is 11.6. The maximum atomic E-state index is 12.9. The molecule has 0 aromatic heterocycles. The molecule has 1 spiro atoms. The summed E-state index contributed by atoms with van der Waals surface area (Å²) in [6.07, 6.45) is 18.8. The summed E-state index contributed by atoms with van der Waals surface area (Å²) < 4.78 is 0. The molecule has 4 aliphatic rings. The number of aryl methyl sites for hydroxylation is 1. The van der Waals surface area contributed by atoms with Gasteiger partial charge in [-0.1, -0.05) is 114 Å². The first-order chi connectivity index (χ1) is 28.5. The topological polar surface area (TPSA) is 122 Å². The highest BCUT2D eigenvalue weighted by Crippen LogP contribution is 2.67. The second-order valence-corrected chi connectivity index (χ2v) is 18.2. The van der Waals surface area contributed by atoms with E-state index in [1.54, 1.807) is 0 Å². The van der Waals surface area contributed by atoms with Crippen LogP contribution in [0.3, 0.4) is 0 Å². The predicted molar refractivity (Wildman–Crippen MR) is 240 cm³/mol. The number of fused-ring (bicyclic) bond motifs is 5. The second-order valence-electron chi connectivity index (χ2n) is 18.2. The molecule has 10 atom stereocenters. The van der Waals surface area contributed by atoms with E-state index in [-0.39, 0.29) is 42.8 Å². The largest absolute Gasteiger partial charge is 0.396 e. The van der Waals surface area contributed by atoms with Crippen molar-refractivity contribution in [1.29, 1.82) is 0 Å². The van der Waals surface area contributed by atoms with Gasteiger partial charge in [-0.15, -0.1) is 0 Å². The van der Waals surface area contributed by atoms with E-state index in [1.165, 1.54) is 22.3 Å². The summed E-state index contributed by atoms with van der Waals surface area (Å²) in [4.78, 5) is 12.4. The monoisotopic (exact) mass is 803 g/mol. The van der Waals surface area contributed by atoms with Crippen LogP contribution in [0.2, 0.25) is 0 Å². The van der Waals surface area contributed by atoms with Gasteiger partial charge in [0.1, 0.15) is 6.29 Å². The van der Waals surface area contributed by atoms with Crippen molar-refractivity contribution >= 4 is 6.29 Å². The molecule has 0 saturated heterocycles. The number of allylic oxidation sites excluding steroid dienone is 9. The average molecular weight is 803 g/mol. The summed E-state index contributed by atoms with van der Waals surface area (Å²) in [6.45, 7) is 12.2. The number of hydrogen-bond acceptors (Lipinski definition) is 7. The summed E-state index contributed by atoms with van der Waals surface area (Å²) in [5.74, 6) is -0.598. The Morgan fingerprint density at radius 1 is 1.07 bits per heavy atom. The number of aliphatic hydroxyl groups excluding tert-OH is 3. The van der Waals surface area contributed by atoms with E-state index in [9.17, 15) is 25.2 Å². The molecule has 2 aromatic rings. The first-order valence-corrected chi connectivity index (χ1v) is 22.2. The van der Waals surface area contributed by atoms with Crippen molar-refractivity contribution < 1.29 is 25.2 Å². The van der Waals surface area contributed by atoms with Gasteiger partial charge in [-0.2, -0.15) is 0 Å². The molecule has 6 rings (SSSR count). The molecule has 0 radical (unpaired) electrons. The highest BCUT2D eigenvalue weighted by Gasteiger charge is 2.68. The third-order valence-electron chi connectivity index (χ3n) is 14.6. The van der Waals surface area contributed by atoms with Gasteiger partial charge >= 0.3 is 0 Å². The van der Waals surface area contributed by atoms with Crippen molar-refractivity contribution in [2.45, 2.75) is 102 Å². The predicted octanol–water partition coefficient (Wildman–Crippen LogP) is 7.74. The highest BCUT2D eigenvalue weighted by atomic mass is 16.3. The van der Waals surface area contributed by atoms with E-state index < -0.39 is 23.0 Å². The van der Waals surface area contributed by atoms with Gasteiger partial charge in [0.05, 0.1) is 18.3 Å². The number of aldehydes is 1. The minimum Gasteiger partial charge on any atom is -0.396 e. The Labute approximate surface area is 353 Å². The van der Waals surface area contributed by atoms with Gasteiger partial charge < -0.3 is 31.1 Å². The molecule has 3 aliphatic carbocycles. The SMILES string of the molecule is C=C(/C=C/C=C(/CO)[C@@H]1CC[C@]2([C@@H]1O)[C@@H]1C(=C(C)C=O)[C@@H](C=C[C@H]1CCO)C[C@]2(O)CCNC)[C@@H]1C/C=C(\C)CN[C@H](C)Cc2cccc(c2)[C@H]1CCc1ccccc1. The molecule has 0 unspecified atom stereocenters. The minimum atomic E-state index is -1.23. The Bertz CT molecular complexity index is 1910. The van der Waals surface area contributed by atoms with Crippen LogP contribution in [0, 0.1) is 35.0 Å². The number of nitrogens with one attached hydrogen (secondary N) is 2. The van der Waals surface area contributed by atoms with Gasteiger partial charge in [0.15, 0.2) is 0 Å². The summed E-state index contributed by atoms with van der Waals surface area (Å²) in [5.41, 5.74) is 6.48.